The summed E-state index contributed by atoms with van der Waals surface area (Å²) in [5.41, 5.74) is 6.53. The Morgan fingerprint density at radius 2 is 2.17 bits per heavy atom. The maximum atomic E-state index is 6.13. The van der Waals surface area contributed by atoms with Gasteiger partial charge in [-0.3, -0.25) is 0 Å². The largest absolute Gasteiger partial charge is 0.490 e. The van der Waals surface area contributed by atoms with E-state index >= 15 is 0 Å². The van der Waals surface area contributed by atoms with Crippen molar-refractivity contribution in [2.24, 2.45) is 11.7 Å². The molecule has 0 heterocycles. The summed E-state index contributed by atoms with van der Waals surface area (Å²) >= 11 is 4.99. The monoisotopic (exact) mass is 263 g/mol. The van der Waals surface area contributed by atoms with Gasteiger partial charge in [-0.1, -0.05) is 37.7 Å². The molecule has 1 aliphatic rings. The normalized spacial score (nSPS) is 23.6. The summed E-state index contributed by atoms with van der Waals surface area (Å²) in [5, 5.41) is 0. The topological polar surface area (TPSA) is 35.2 Å². The average molecular weight is 263 g/mol. The Morgan fingerprint density at radius 3 is 2.89 bits per heavy atom. The highest BCUT2D eigenvalue weighted by Gasteiger charge is 2.25. The molecule has 0 saturated heterocycles. The standard InChI is InChI=1S/C15H21NOS/c1-2-11-6-3-4-9-14(11)17-13-8-5-7-12(10-13)15(16)18/h5,7-8,10-11,14H,2-4,6,9H2,1H3,(H2,16,18). The second-order valence-electron chi connectivity index (χ2n) is 5.00. The van der Waals surface area contributed by atoms with Gasteiger partial charge in [-0.15, -0.1) is 0 Å². The summed E-state index contributed by atoms with van der Waals surface area (Å²) < 4.78 is 6.13. The molecule has 0 amide bonds. The van der Waals surface area contributed by atoms with Crippen LogP contribution >= 0.6 is 12.2 Å². The van der Waals surface area contributed by atoms with Gasteiger partial charge < -0.3 is 10.5 Å². The molecular weight excluding hydrogens is 242 g/mol. The molecular formula is C15H21NOS. The number of nitrogens with two attached hydrogens (primary N) is 1. The van der Waals surface area contributed by atoms with Crippen LogP contribution in [0.3, 0.4) is 0 Å². The molecule has 1 aliphatic carbocycles. The van der Waals surface area contributed by atoms with Crippen LogP contribution < -0.4 is 10.5 Å². The molecule has 0 radical (unpaired) electrons. The van der Waals surface area contributed by atoms with Crippen molar-refractivity contribution in [3.05, 3.63) is 29.8 Å². The molecule has 2 N–H and O–H groups in total. The number of thiocarbonyl (C=S) groups is 1. The zero-order valence-corrected chi connectivity index (χ0v) is 11.7. The van der Waals surface area contributed by atoms with E-state index in [0.717, 1.165) is 17.7 Å². The smallest absolute Gasteiger partial charge is 0.120 e. The van der Waals surface area contributed by atoms with E-state index in [1.807, 2.05) is 24.3 Å². The van der Waals surface area contributed by atoms with Crippen molar-refractivity contribution in [2.75, 3.05) is 0 Å². The second kappa shape index (κ2) is 6.19. The van der Waals surface area contributed by atoms with Crippen LogP contribution in [0, 0.1) is 5.92 Å². The first-order valence-corrected chi connectivity index (χ1v) is 7.18. The van der Waals surface area contributed by atoms with Crippen LogP contribution in [0.2, 0.25) is 0 Å². The number of rotatable bonds is 4. The lowest BCUT2D eigenvalue weighted by atomic mass is 9.85. The quantitative estimate of drug-likeness (QED) is 0.842. The molecule has 18 heavy (non-hydrogen) atoms. The van der Waals surface area contributed by atoms with E-state index in [9.17, 15) is 0 Å². The summed E-state index contributed by atoms with van der Waals surface area (Å²) in [5.74, 6) is 1.58. The molecule has 2 atom stereocenters. The Kier molecular flexibility index (Phi) is 4.59. The highest BCUT2D eigenvalue weighted by Crippen LogP contribution is 2.30. The van der Waals surface area contributed by atoms with Gasteiger partial charge in [-0.2, -0.15) is 0 Å². The van der Waals surface area contributed by atoms with Crippen LogP contribution in [0.1, 0.15) is 44.6 Å². The molecule has 2 unspecified atom stereocenters. The summed E-state index contributed by atoms with van der Waals surface area (Å²) in [6.45, 7) is 2.25. The molecule has 1 saturated carbocycles. The van der Waals surface area contributed by atoms with Crippen molar-refractivity contribution in [3.63, 3.8) is 0 Å². The minimum Gasteiger partial charge on any atom is -0.490 e. The van der Waals surface area contributed by atoms with Crippen molar-refractivity contribution in [3.8, 4) is 5.75 Å². The SMILES string of the molecule is CCC1CCCCC1Oc1cccc(C(N)=S)c1. The Balaban J connectivity index is 2.07. The van der Waals surface area contributed by atoms with E-state index in [4.69, 9.17) is 22.7 Å². The van der Waals surface area contributed by atoms with Crippen molar-refractivity contribution in [2.45, 2.75) is 45.1 Å². The van der Waals surface area contributed by atoms with E-state index in [1.165, 1.54) is 25.7 Å². The van der Waals surface area contributed by atoms with E-state index < -0.39 is 0 Å². The molecule has 0 aliphatic heterocycles. The fourth-order valence-electron chi connectivity index (χ4n) is 2.69. The van der Waals surface area contributed by atoms with Gasteiger partial charge in [0.25, 0.3) is 0 Å². The molecule has 1 fully saturated rings. The lowest BCUT2D eigenvalue weighted by Gasteiger charge is -2.31. The second-order valence-corrected chi connectivity index (χ2v) is 5.44. The molecule has 0 bridgehead atoms. The number of hydrogen-bond donors (Lipinski definition) is 1. The van der Waals surface area contributed by atoms with Crippen molar-refractivity contribution < 1.29 is 4.74 Å². The number of ether oxygens (including phenoxy) is 1. The van der Waals surface area contributed by atoms with Gasteiger partial charge in [-0.25, -0.2) is 0 Å². The Labute approximate surface area is 115 Å². The molecule has 1 aromatic rings. The minimum atomic E-state index is 0.352. The highest BCUT2D eigenvalue weighted by atomic mass is 32.1. The Bertz CT molecular complexity index is 419. The third kappa shape index (κ3) is 3.22. The van der Waals surface area contributed by atoms with Crippen LogP contribution in [0.4, 0.5) is 0 Å². The zero-order valence-electron chi connectivity index (χ0n) is 10.9. The lowest BCUT2D eigenvalue weighted by Crippen LogP contribution is -2.30. The van der Waals surface area contributed by atoms with Crippen molar-refractivity contribution in [1.29, 1.82) is 0 Å². The van der Waals surface area contributed by atoms with Gasteiger partial charge >= 0.3 is 0 Å². The summed E-state index contributed by atoms with van der Waals surface area (Å²) in [6.07, 6.45) is 6.61. The van der Waals surface area contributed by atoms with Crippen LogP contribution in [0.15, 0.2) is 24.3 Å². The Hall–Kier alpha value is -1.09. The fraction of sp³-hybridized carbons (Fsp3) is 0.533. The fourth-order valence-corrected chi connectivity index (χ4v) is 2.82. The van der Waals surface area contributed by atoms with Gasteiger partial charge in [-0.05, 0) is 43.7 Å². The maximum Gasteiger partial charge on any atom is 0.120 e. The van der Waals surface area contributed by atoms with Gasteiger partial charge in [0.2, 0.25) is 0 Å². The molecule has 1 aromatic carbocycles. The minimum absolute atomic E-state index is 0.352. The first-order valence-electron chi connectivity index (χ1n) is 6.77. The molecule has 0 spiro atoms. The third-order valence-electron chi connectivity index (χ3n) is 3.77. The molecule has 3 heteroatoms. The molecule has 98 valence electrons. The number of hydrogen-bond acceptors (Lipinski definition) is 2. The lowest BCUT2D eigenvalue weighted by molar-refractivity contribution is 0.0904. The van der Waals surface area contributed by atoms with Gasteiger partial charge in [0.05, 0.1) is 0 Å². The predicted octanol–water partition coefficient (Wildman–Crippen LogP) is 3.67. The third-order valence-corrected chi connectivity index (χ3v) is 4.01. The zero-order chi connectivity index (χ0) is 13.0. The average Bonchev–Trinajstić information content (AvgIpc) is 2.39. The molecule has 0 aromatic heterocycles. The summed E-state index contributed by atoms with van der Waals surface area (Å²) in [4.78, 5) is 0.427. The van der Waals surface area contributed by atoms with Crippen molar-refractivity contribution in [1.82, 2.24) is 0 Å². The molecule has 2 rings (SSSR count). The number of benzene rings is 1. The highest BCUT2D eigenvalue weighted by molar-refractivity contribution is 7.80. The van der Waals surface area contributed by atoms with E-state index in [0.29, 0.717) is 17.0 Å². The van der Waals surface area contributed by atoms with Crippen LogP contribution in [0.5, 0.6) is 5.75 Å². The van der Waals surface area contributed by atoms with E-state index in [-0.39, 0.29) is 0 Å². The van der Waals surface area contributed by atoms with Crippen molar-refractivity contribution >= 4 is 17.2 Å². The van der Waals surface area contributed by atoms with Gasteiger partial charge in [0.1, 0.15) is 16.8 Å². The van der Waals surface area contributed by atoms with Crippen LogP contribution in [-0.2, 0) is 0 Å². The van der Waals surface area contributed by atoms with Gasteiger partial charge in [0.15, 0.2) is 0 Å². The first kappa shape index (κ1) is 13.3. The van der Waals surface area contributed by atoms with E-state index in [2.05, 4.69) is 6.92 Å². The van der Waals surface area contributed by atoms with E-state index in [1.54, 1.807) is 0 Å². The Morgan fingerprint density at radius 1 is 1.39 bits per heavy atom. The summed E-state index contributed by atoms with van der Waals surface area (Å²) in [7, 11) is 0. The predicted molar refractivity (Wildman–Crippen MR) is 79.0 cm³/mol. The first-order chi connectivity index (χ1) is 8.70. The van der Waals surface area contributed by atoms with Crippen LogP contribution in [0.25, 0.3) is 0 Å². The molecule has 2 nitrogen and oxygen atoms in total. The maximum absolute atomic E-state index is 6.13. The van der Waals surface area contributed by atoms with Gasteiger partial charge in [0, 0.05) is 5.56 Å². The van der Waals surface area contributed by atoms with Crippen LogP contribution in [-0.4, -0.2) is 11.1 Å². The summed E-state index contributed by atoms with van der Waals surface area (Å²) in [6, 6.07) is 7.81.